The number of amides is 1. The van der Waals surface area contributed by atoms with Gasteiger partial charge in [-0.05, 0) is 12.1 Å². The maximum atomic E-state index is 12.8. The average Bonchev–Trinajstić information content (AvgIpc) is 2.55. The number of hydrogen-bond acceptors (Lipinski definition) is 6. The Hall–Kier alpha value is -1.99. The third-order valence-corrected chi connectivity index (χ3v) is 4.70. The van der Waals surface area contributed by atoms with Gasteiger partial charge in [-0.15, -0.1) is 0 Å². The molecule has 7 heteroatoms. The highest BCUT2D eigenvalue weighted by molar-refractivity contribution is 7.99. The van der Waals surface area contributed by atoms with Crippen LogP contribution in [0.25, 0.3) is 0 Å². The number of carbonyl (C=O) groups excluding carboxylic acids is 1. The lowest BCUT2D eigenvalue weighted by Gasteiger charge is -2.31. The number of nitrogens with two attached hydrogens (primary N) is 2. The van der Waals surface area contributed by atoms with Crippen LogP contribution in [0, 0.1) is 0 Å². The standard InChI is InChI=1S/C15H19N5OS/c16-14-18-6-5-15(17,19-14)12-4-2-1-3-11(12)13(21)20-7-9-22-10-8-20/h1-6H,7-10,17H2,(H3,16,18,19). The average molecular weight is 317 g/mol. The molecule has 0 bridgehead atoms. The number of rotatable bonds is 2. The zero-order chi connectivity index (χ0) is 15.6. The first kappa shape index (κ1) is 14.9. The minimum atomic E-state index is -1.12. The van der Waals surface area contributed by atoms with Crippen LogP contribution in [0.3, 0.4) is 0 Å². The Labute approximate surface area is 133 Å². The molecular weight excluding hydrogens is 298 g/mol. The second kappa shape index (κ2) is 6.02. The molecule has 1 aromatic rings. The Morgan fingerprint density at radius 2 is 2.05 bits per heavy atom. The maximum Gasteiger partial charge on any atom is 0.254 e. The molecular formula is C15H19N5OS. The van der Waals surface area contributed by atoms with E-state index in [0.717, 1.165) is 24.6 Å². The molecule has 3 rings (SSSR count). The second-order valence-electron chi connectivity index (χ2n) is 5.25. The molecule has 22 heavy (non-hydrogen) atoms. The fourth-order valence-electron chi connectivity index (χ4n) is 2.63. The van der Waals surface area contributed by atoms with Crippen molar-refractivity contribution in [3.63, 3.8) is 0 Å². The molecule has 0 aliphatic carbocycles. The molecule has 1 unspecified atom stereocenters. The first-order valence-electron chi connectivity index (χ1n) is 7.15. The topological polar surface area (TPSA) is 96.7 Å². The van der Waals surface area contributed by atoms with Crippen LogP contribution in [0.4, 0.5) is 0 Å². The van der Waals surface area contributed by atoms with E-state index in [0.29, 0.717) is 11.1 Å². The van der Waals surface area contributed by atoms with Gasteiger partial charge in [0.05, 0.1) is 0 Å². The van der Waals surface area contributed by atoms with Crippen molar-refractivity contribution in [2.75, 3.05) is 24.6 Å². The molecule has 1 saturated heterocycles. The van der Waals surface area contributed by atoms with Gasteiger partial charge in [0.2, 0.25) is 0 Å². The summed E-state index contributed by atoms with van der Waals surface area (Å²) in [6.07, 6.45) is 3.36. The van der Waals surface area contributed by atoms with Crippen molar-refractivity contribution in [2.45, 2.75) is 5.66 Å². The molecule has 1 aromatic carbocycles. The van der Waals surface area contributed by atoms with Crippen LogP contribution in [0.1, 0.15) is 15.9 Å². The molecule has 2 heterocycles. The molecule has 0 spiro atoms. The van der Waals surface area contributed by atoms with E-state index in [9.17, 15) is 4.79 Å². The lowest BCUT2D eigenvalue weighted by atomic mass is 9.94. The molecule has 0 radical (unpaired) electrons. The summed E-state index contributed by atoms with van der Waals surface area (Å²) in [4.78, 5) is 19.0. The fourth-order valence-corrected chi connectivity index (χ4v) is 3.53. The Bertz CT molecular complexity index is 639. The molecule has 1 fully saturated rings. The van der Waals surface area contributed by atoms with E-state index in [1.165, 1.54) is 0 Å². The summed E-state index contributed by atoms with van der Waals surface area (Å²) >= 11 is 1.87. The number of carbonyl (C=O) groups is 1. The van der Waals surface area contributed by atoms with E-state index in [2.05, 4.69) is 10.3 Å². The van der Waals surface area contributed by atoms with Crippen LogP contribution in [0.5, 0.6) is 0 Å². The van der Waals surface area contributed by atoms with Crippen LogP contribution in [-0.4, -0.2) is 41.4 Å². The van der Waals surface area contributed by atoms with E-state index in [1.807, 2.05) is 34.9 Å². The number of guanidine groups is 1. The van der Waals surface area contributed by atoms with Crippen molar-refractivity contribution in [1.29, 1.82) is 0 Å². The minimum absolute atomic E-state index is 0.00132. The van der Waals surface area contributed by atoms with Crippen LogP contribution in [0.2, 0.25) is 0 Å². The van der Waals surface area contributed by atoms with E-state index < -0.39 is 5.66 Å². The van der Waals surface area contributed by atoms with Gasteiger partial charge in [0, 0.05) is 41.9 Å². The number of nitrogens with zero attached hydrogens (tertiary/aromatic N) is 2. The van der Waals surface area contributed by atoms with E-state index in [1.54, 1.807) is 18.3 Å². The van der Waals surface area contributed by atoms with Gasteiger partial charge in [-0.2, -0.15) is 11.8 Å². The van der Waals surface area contributed by atoms with Gasteiger partial charge in [0.1, 0.15) is 0 Å². The SMILES string of the molecule is NC1=NC(N)(c2ccccc2C(=O)N2CCSCC2)C=CN1. The van der Waals surface area contributed by atoms with Gasteiger partial charge < -0.3 is 16.0 Å². The molecule has 116 valence electrons. The number of hydrogen-bond donors (Lipinski definition) is 3. The van der Waals surface area contributed by atoms with E-state index in [4.69, 9.17) is 11.5 Å². The van der Waals surface area contributed by atoms with Gasteiger partial charge in [-0.1, -0.05) is 18.2 Å². The van der Waals surface area contributed by atoms with Crippen molar-refractivity contribution in [3.8, 4) is 0 Å². The fraction of sp³-hybridized carbons (Fsp3) is 0.333. The van der Waals surface area contributed by atoms with Crippen molar-refractivity contribution in [2.24, 2.45) is 16.5 Å². The number of aliphatic imine (C=N–C) groups is 1. The van der Waals surface area contributed by atoms with Crippen LogP contribution in [-0.2, 0) is 5.66 Å². The van der Waals surface area contributed by atoms with Gasteiger partial charge in [0.15, 0.2) is 11.6 Å². The first-order valence-corrected chi connectivity index (χ1v) is 8.30. The smallest absolute Gasteiger partial charge is 0.254 e. The molecule has 0 aromatic heterocycles. The number of nitrogens with one attached hydrogen (secondary N) is 1. The predicted octanol–water partition coefficient (Wildman–Crippen LogP) is 0.419. The highest BCUT2D eigenvalue weighted by atomic mass is 32.2. The van der Waals surface area contributed by atoms with E-state index in [-0.39, 0.29) is 11.9 Å². The Balaban J connectivity index is 1.98. The summed E-state index contributed by atoms with van der Waals surface area (Å²) < 4.78 is 0. The molecule has 2 aliphatic rings. The quantitative estimate of drug-likeness (QED) is 0.734. The third kappa shape index (κ3) is 2.82. The zero-order valence-corrected chi connectivity index (χ0v) is 13.0. The normalized spacial score (nSPS) is 24.6. The van der Waals surface area contributed by atoms with Crippen molar-refractivity contribution in [3.05, 3.63) is 47.7 Å². The van der Waals surface area contributed by atoms with Gasteiger partial charge in [0.25, 0.3) is 5.91 Å². The van der Waals surface area contributed by atoms with Crippen molar-refractivity contribution >= 4 is 23.6 Å². The molecule has 2 aliphatic heterocycles. The summed E-state index contributed by atoms with van der Waals surface area (Å²) in [7, 11) is 0. The third-order valence-electron chi connectivity index (χ3n) is 3.76. The van der Waals surface area contributed by atoms with Crippen LogP contribution >= 0.6 is 11.8 Å². The minimum Gasteiger partial charge on any atom is -0.370 e. The number of benzene rings is 1. The molecule has 1 amide bonds. The Morgan fingerprint density at radius 3 is 2.77 bits per heavy atom. The highest BCUT2D eigenvalue weighted by Crippen LogP contribution is 2.28. The summed E-state index contributed by atoms with van der Waals surface area (Å²) in [5, 5.41) is 2.79. The summed E-state index contributed by atoms with van der Waals surface area (Å²) in [6, 6.07) is 7.33. The highest BCUT2D eigenvalue weighted by Gasteiger charge is 2.32. The summed E-state index contributed by atoms with van der Waals surface area (Å²) in [5.41, 5.74) is 12.2. The van der Waals surface area contributed by atoms with E-state index >= 15 is 0 Å². The largest absolute Gasteiger partial charge is 0.370 e. The first-order chi connectivity index (χ1) is 10.6. The van der Waals surface area contributed by atoms with Crippen LogP contribution in [0.15, 0.2) is 41.5 Å². The van der Waals surface area contributed by atoms with Gasteiger partial charge in [-0.3, -0.25) is 10.5 Å². The van der Waals surface area contributed by atoms with Gasteiger partial charge in [-0.25, -0.2) is 4.99 Å². The molecule has 0 saturated carbocycles. The summed E-state index contributed by atoms with van der Waals surface area (Å²) in [6.45, 7) is 1.52. The lowest BCUT2D eigenvalue weighted by Crippen LogP contribution is -2.44. The summed E-state index contributed by atoms with van der Waals surface area (Å²) in [5.74, 6) is 2.18. The number of thioether (sulfide) groups is 1. The maximum absolute atomic E-state index is 12.8. The Morgan fingerprint density at radius 1 is 1.32 bits per heavy atom. The Kier molecular flexibility index (Phi) is 4.08. The zero-order valence-electron chi connectivity index (χ0n) is 12.2. The second-order valence-corrected chi connectivity index (χ2v) is 6.47. The van der Waals surface area contributed by atoms with Crippen LogP contribution < -0.4 is 16.8 Å². The van der Waals surface area contributed by atoms with Crippen molar-refractivity contribution < 1.29 is 4.79 Å². The molecule has 1 atom stereocenters. The van der Waals surface area contributed by atoms with Gasteiger partial charge >= 0.3 is 0 Å². The molecule has 6 nitrogen and oxygen atoms in total. The molecule has 5 N–H and O–H groups in total. The monoisotopic (exact) mass is 317 g/mol. The predicted molar refractivity (Wildman–Crippen MR) is 89.4 cm³/mol. The van der Waals surface area contributed by atoms with Crippen molar-refractivity contribution in [1.82, 2.24) is 10.2 Å². The lowest BCUT2D eigenvalue weighted by molar-refractivity contribution is 0.0770.